The second-order valence-electron chi connectivity index (χ2n) is 21.7. The molecule has 1 aliphatic heterocycles. The topological polar surface area (TPSA) is 55.4 Å². The summed E-state index contributed by atoms with van der Waals surface area (Å²) in [5.41, 5.74) is 1.75. The molecule has 63 heavy (non-hydrogen) atoms. The number of unbranched alkanes of at least 4 members (excludes halogenated alkanes) is 10. The van der Waals surface area contributed by atoms with E-state index in [0.717, 1.165) is 113 Å². The molecule has 0 aromatic carbocycles. The second-order valence-corrected chi connectivity index (χ2v) is 21.7. The highest BCUT2D eigenvalue weighted by molar-refractivity contribution is 5.19. The van der Waals surface area contributed by atoms with Gasteiger partial charge >= 0.3 is 0 Å². The van der Waals surface area contributed by atoms with Gasteiger partial charge in [0, 0.05) is 19.4 Å². The summed E-state index contributed by atoms with van der Waals surface area (Å²) < 4.78 is 37.4. The lowest BCUT2D eigenvalue weighted by Crippen LogP contribution is -2.42. The van der Waals surface area contributed by atoms with Crippen LogP contribution in [-0.4, -0.2) is 70.9 Å². The molecule has 0 aromatic heterocycles. The van der Waals surface area contributed by atoms with Crippen molar-refractivity contribution in [1.29, 1.82) is 0 Å². The molecule has 6 unspecified atom stereocenters. The quantitative estimate of drug-likeness (QED) is 0.0496. The summed E-state index contributed by atoms with van der Waals surface area (Å²) in [6.07, 6.45) is 50.0. The number of hydrogen-bond acceptors (Lipinski definition) is 6. The predicted octanol–water partition coefficient (Wildman–Crippen LogP) is 14.9. The normalized spacial score (nSPS) is 28.9. The van der Waals surface area contributed by atoms with Crippen LogP contribution >= 0.6 is 0 Å². The van der Waals surface area contributed by atoms with Gasteiger partial charge in [-0.2, -0.15) is 0 Å². The predicted molar refractivity (Wildman–Crippen MR) is 261 cm³/mol. The molecular weight excluding hydrogens is 781 g/mol. The van der Waals surface area contributed by atoms with Crippen molar-refractivity contribution in [2.75, 3.05) is 52.9 Å². The average Bonchev–Trinajstić information content (AvgIpc) is 3.94. The van der Waals surface area contributed by atoms with Crippen LogP contribution in [0.15, 0.2) is 36.0 Å². The fourth-order valence-corrected chi connectivity index (χ4v) is 13.2. The lowest BCUT2D eigenvalue weighted by atomic mass is 9.56. The molecule has 0 radical (unpaired) electrons. The molecule has 0 amide bonds. The first-order chi connectivity index (χ1) is 31.0. The van der Waals surface area contributed by atoms with Gasteiger partial charge < -0.3 is 28.4 Å². The Balaban J connectivity index is 0.803. The third-order valence-electron chi connectivity index (χ3n) is 16.7. The summed E-state index contributed by atoms with van der Waals surface area (Å²) in [6.45, 7) is 12.6. The Morgan fingerprint density at radius 3 is 2.19 bits per heavy atom. The maximum Gasteiger partial charge on any atom is 0.168 e. The Bertz CT molecular complexity index is 1270. The maximum absolute atomic E-state index is 6.49. The van der Waals surface area contributed by atoms with E-state index in [1.165, 1.54) is 135 Å². The van der Waals surface area contributed by atoms with Crippen molar-refractivity contribution in [3.05, 3.63) is 36.0 Å². The van der Waals surface area contributed by atoms with Crippen LogP contribution in [0.4, 0.5) is 0 Å². The highest BCUT2D eigenvalue weighted by Gasteiger charge is 2.49. The number of hydrogen-bond donors (Lipinski definition) is 0. The van der Waals surface area contributed by atoms with E-state index in [4.69, 9.17) is 28.4 Å². The van der Waals surface area contributed by atoms with Gasteiger partial charge in [-0.05, 0) is 156 Å². The molecule has 6 nitrogen and oxygen atoms in total. The summed E-state index contributed by atoms with van der Waals surface area (Å²) in [7, 11) is 0. The third-order valence-corrected chi connectivity index (χ3v) is 16.7. The molecule has 1 heterocycles. The van der Waals surface area contributed by atoms with Crippen LogP contribution in [0.3, 0.4) is 0 Å². The first-order valence-corrected chi connectivity index (χ1v) is 27.7. The molecule has 0 aromatic rings. The van der Waals surface area contributed by atoms with Gasteiger partial charge in [0.05, 0.1) is 58.5 Å². The Morgan fingerprint density at radius 1 is 0.667 bits per heavy atom. The highest BCUT2D eigenvalue weighted by atomic mass is 16.7. The van der Waals surface area contributed by atoms with E-state index in [-0.39, 0.29) is 11.9 Å². The minimum absolute atomic E-state index is 0.113. The zero-order valence-corrected chi connectivity index (χ0v) is 41.3. The van der Waals surface area contributed by atoms with Gasteiger partial charge in [-0.1, -0.05) is 121 Å². The van der Waals surface area contributed by atoms with Crippen LogP contribution in [0.2, 0.25) is 0 Å². The third kappa shape index (κ3) is 17.9. The second kappa shape index (κ2) is 29.7. The van der Waals surface area contributed by atoms with E-state index in [2.05, 4.69) is 51.2 Å². The molecule has 1 spiro atoms. The summed E-state index contributed by atoms with van der Waals surface area (Å²) in [4.78, 5) is 0. The maximum atomic E-state index is 6.49. The molecule has 5 fully saturated rings. The van der Waals surface area contributed by atoms with E-state index in [1.807, 2.05) is 0 Å². The Hall–Kier alpha value is -1.02. The SMILES string of the molecule is CCCCCC=CCC=CCCCCCCCCOCC(CC1CCC2(CC1)OCCO2)OCCOCCO[C@H]1CCC2C(=CCC3C2CCC2C3CC[C@@H]2CCCCC(C)C)C1. The lowest BCUT2D eigenvalue weighted by molar-refractivity contribution is -0.184. The molecule has 8 atom stereocenters. The molecule has 6 heteroatoms. The highest BCUT2D eigenvalue weighted by Crippen LogP contribution is 2.58. The van der Waals surface area contributed by atoms with Gasteiger partial charge in [-0.3, -0.25) is 0 Å². The zero-order chi connectivity index (χ0) is 43.8. The Morgan fingerprint density at radius 2 is 1.40 bits per heavy atom. The van der Waals surface area contributed by atoms with E-state index in [0.29, 0.717) is 45.1 Å². The Labute approximate surface area is 388 Å². The monoisotopic (exact) mass is 879 g/mol. The summed E-state index contributed by atoms with van der Waals surface area (Å²) >= 11 is 0. The van der Waals surface area contributed by atoms with Crippen molar-refractivity contribution in [3.8, 4) is 0 Å². The Kier molecular flexibility index (Phi) is 24.2. The van der Waals surface area contributed by atoms with Gasteiger partial charge in [-0.25, -0.2) is 0 Å². The summed E-state index contributed by atoms with van der Waals surface area (Å²) in [5.74, 6) is 7.02. The first kappa shape index (κ1) is 51.4. The van der Waals surface area contributed by atoms with Crippen molar-refractivity contribution < 1.29 is 28.4 Å². The van der Waals surface area contributed by atoms with Crippen molar-refractivity contribution in [2.45, 2.75) is 225 Å². The zero-order valence-electron chi connectivity index (χ0n) is 41.3. The van der Waals surface area contributed by atoms with E-state index < -0.39 is 0 Å². The minimum Gasteiger partial charge on any atom is -0.379 e. The van der Waals surface area contributed by atoms with Gasteiger partial charge in [0.15, 0.2) is 5.79 Å². The number of fused-ring (bicyclic) bond motifs is 5. The van der Waals surface area contributed by atoms with Gasteiger partial charge in [0.2, 0.25) is 0 Å². The molecular formula is C57H98O6. The van der Waals surface area contributed by atoms with Gasteiger partial charge in [-0.15, -0.1) is 0 Å². The van der Waals surface area contributed by atoms with Crippen molar-refractivity contribution in [1.82, 2.24) is 0 Å². The fraction of sp³-hybridized carbons (Fsp3) is 0.895. The number of allylic oxidation sites excluding steroid dienone is 5. The number of rotatable bonds is 32. The molecule has 4 saturated carbocycles. The van der Waals surface area contributed by atoms with E-state index in [1.54, 1.807) is 5.57 Å². The van der Waals surface area contributed by atoms with Crippen molar-refractivity contribution in [3.63, 3.8) is 0 Å². The first-order valence-electron chi connectivity index (χ1n) is 27.7. The number of ether oxygens (including phenoxy) is 6. The fourth-order valence-electron chi connectivity index (χ4n) is 13.2. The van der Waals surface area contributed by atoms with Crippen molar-refractivity contribution >= 4 is 0 Å². The summed E-state index contributed by atoms with van der Waals surface area (Å²) in [6, 6.07) is 0. The molecule has 5 aliphatic carbocycles. The molecule has 0 N–H and O–H groups in total. The van der Waals surface area contributed by atoms with Gasteiger partial charge in [0.25, 0.3) is 0 Å². The lowest BCUT2D eigenvalue weighted by Gasteiger charge is -2.50. The van der Waals surface area contributed by atoms with E-state index >= 15 is 0 Å². The molecule has 6 rings (SSSR count). The van der Waals surface area contributed by atoms with E-state index in [9.17, 15) is 0 Å². The molecule has 6 aliphatic rings. The van der Waals surface area contributed by atoms with Crippen molar-refractivity contribution in [2.24, 2.45) is 47.3 Å². The molecule has 362 valence electrons. The van der Waals surface area contributed by atoms with Crippen LogP contribution in [0.25, 0.3) is 0 Å². The smallest absolute Gasteiger partial charge is 0.168 e. The molecule has 1 saturated heterocycles. The van der Waals surface area contributed by atoms with Crippen LogP contribution in [-0.2, 0) is 28.4 Å². The van der Waals surface area contributed by atoms with Crippen LogP contribution in [0.1, 0.15) is 207 Å². The average molecular weight is 879 g/mol. The molecule has 0 bridgehead atoms. The van der Waals surface area contributed by atoms with Crippen LogP contribution in [0.5, 0.6) is 0 Å². The van der Waals surface area contributed by atoms with Crippen LogP contribution in [0, 0.1) is 47.3 Å². The van der Waals surface area contributed by atoms with Gasteiger partial charge in [0.1, 0.15) is 0 Å². The van der Waals surface area contributed by atoms with Crippen LogP contribution < -0.4 is 0 Å². The largest absolute Gasteiger partial charge is 0.379 e. The summed E-state index contributed by atoms with van der Waals surface area (Å²) in [5, 5.41) is 0. The minimum atomic E-state index is -0.304. The standard InChI is InChI=1S/C57H98O6/c1-4-5-6-7-8-9-10-11-12-13-14-15-16-17-18-21-36-59-45-51(43-47-32-34-57(35-33-47)62-41-42-63-57)61-40-38-58-37-39-60-50-26-29-53-49(44-50)25-28-56-54-27-24-48(23-20-19-22-46(2)3)52(54)30-31-55(53)56/h8-9,11-12,25,46-48,50-56H,4-7,10,13-24,26-45H2,1-3H3/t48-,50-,51?,52?,53?,54?,55?,56?/m0/s1.